The maximum atomic E-state index is 13.0. The van der Waals surface area contributed by atoms with Crippen molar-refractivity contribution in [3.8, 4) is 51.7 Å². The summed E-state index contributed by atoms with van der Waals surface area (Å²) in [6, 6.07) is 10.5. The van der Waals surface area contributed by atoms with Gasteiger partial charge in [-0.25, -0.2) is 15.0 Å². The summed E-state index contributed by atoms with van der Waals surface area (Å²) in [6.45, 7) is 0. The molecule has 3 aromatic heterocycles. The zero-order valence-electron chi connectivity index (χ0n) is 44.2. The van der Waals surface area contributed by atoms with Crippen molar-refractivity contribution in [1.82, 2.24) is 0 Å². The summed E-state index contributed by atoms with van der Waals surface area (Å²) in [6.07, 6.45) is 20.3. The molecule has 3 aliphatic carbocycles. The summed E-state index contributed by atoms with van der Waals surface area (Å²) < 4.78 is 53.1. The summed E-state index contributed by atoms with van der Waals surface area (Å²) in [4.78, 5) is 34.5. The fraction of sp³-hybridized carbons (Fsp3) is 0.386. The molecule has 434 valence electrons. The minimum absolute atomic E-state index is 0. The van der Waals surface area contributed by atoms with Crippen LogP contribution in [0, 0.1) is 0 Å². The summed E-state index contributed by atoms with van der Waals surface area (Å²) in [5.74, 6) is 2.46. The lowest BCUT2D eigenvalue weighted by atomic mass is 10.0. The number of hydrogen-bond donors (Lipinski definition) is 1. The number of benzene rings is 3. The second-order valence-corrected chi connectivity index (χ2v) is 22.2. The van der Waals surface area contributed by atoms with Crippen LogP contribution < -0.4 is 57.6 Å². The van der Waals surface area contributed by atoms with Gasteiger partial charge >= 0.3 is 0 Å². The number of hydrogen-bond acceptors (Lipinski definition) is 15. The predicted octanol–water partition coefficient (Wildman–Crippen LogP) is 12.2. The van der Waals surface area contributed by atoms with Gasteiger partial charge < -0.3 is 64.2 Å². The van der Waals surface area contributed by atoms with Gasteiger partial charge in [-0.2, -0.15) is 0 Å². The highest BCUT2D eigenvalue weighted by atomic mass is 35.5. The molecule has 24 heteroatoms. The molecule has 1 unspecified atom stereocenters. The van der Waals surface area contributed by atoms with E-state index in [4.69, 9.17) is 112 Å². The molecule has 7 N–H and O–H groups in total. The first-order chi connectivity index (χ1) is 37.6. The minimum atomic E-state index is -0.841. The first-order valence-electron chi connectivity index (χ1n) is 25.6. The Kier molecular flexibility index (Phi) is 20.3. The summed E-state index contributed by atoms with van der Waals surface area (Å²) in [5.41, 5.74) is 3.38. The van der Waals surface area contributed by atoms with Gasteiger partial charge in [-0.1, -0.05) is 69.6 Å². The fourth-order valence-electron chi connectivity index (χ4n) is 10.7. The topological polar surface area (TPSA) is 270 Å². The van der Waals surface area contributed by atoms with E-state index >= 15 is 0 Å². The van der Waals surface area contributed by atoms with Gasteiger partial charge in [0.1, 0.15) is 30.1 Å². The van der Waals surface area contributed by atoms with Crippen LogP contribution in [0.15, 0.2) is 73.6 Å². The SMILES string of the molecule is COc1ccc(C(=O)Cc2c(Cl)c[nH+]cc2Cl)c2c1OC1(CCCC1)O2.COc1ccc(C(=O)Cc2c(Cl)c[nH+]cc2Cl)c2c1OC1(CCCC1)O2.COc1ccc(C(O)Cc2c(Cl)c[nH+]cc2Cl)c2c1OC1(CCCC1)O2.[OH-].[OH-].[OH-]. The number of H-pyrrole nitrogens is 3. The lowest BCUT2D eigenvalue weighted by Crippen LogP contribution is -2.34. The van der Waals surface area contributed by atoms with E-state index in [1.807, 2.05) is 0 Å². The van der Waals surface area contributed by atoms with Crippen molar-refractivity contribution in [2.75, 3.05) is 21.3 Å². The van der Waals surface area contributed by atoms with Crippen LogP contribution in [0.4, 0.5) is 0 Å². The smallest absolute Gasteiger partial charge is 0.251 e. The third-order valence-electron chi connectivity index (χ3n) is 14.8. The van der Waals surface area contributed by atoms with Gasteiger partial charge in [0.15, 0.2) is 83.2 Å². The molecular weight excluding hydrogens is 1180 g/mol. The average molecular weight is 1240 g/mol. The summed E-state index contributed by atoms with van der Waals surface area (Å²) in [7, 11) is 4.73. The van der Waals surface area contributed by atoms with Crippen LogP contribution in [-0.4, -0.2) is 71.8 Å². The number of Topliss-reactive ketones (excluding diaryl/α,β-unsaturated/α-hetero) is 2. The molecule has 6 aliphatic rings. The van der Waals surface area contributed by atoms with Gasteiger partial charge in [0.2, 0.25) is 17.2 Å². The first-order valence-corrected chi connectivity index (χ1v) is 27.9. The number of methoxy groups -OCH3 is 3. The number of carbonyl (C=O) groups is 2. The normalized spacial score (nSPS) is 16.7. The first kappa shape index (κ1) is 62.8. The Hall–Kier alpha value is -5.77. The number of aromatic nitrogens is 3. The van der Waals surface area contributed by atoms with Crippen molar-refractivity contribution in [3.63, 3.8) is 0 Å². The van der Waals surface area contributed by atoms with E-state index in [-0.39, 0.29) is 47.3 Å². The number of halogens is 6. The Morgan fingerprint density at radius 2 is 0.741 bits per heavy atom. The molecule has 1 atom stereocenters. The average Bonchev–Trinajstić information content (AvgIpc) is 4.53. The number of aromatic amines is 3. The van der Waals surface area contributed by atoms with Crippen molar-refractivity contribution in [2.24, 2.45) is 0 Å². The molecule has 3 aromatic carbocycles. The highest BCUT2D eigenvalue weighted by Crippen LogP contribution is 2.56. The van der Waals surface area contributed by atoms with E-state index in [9.17, 15) is 14.7 Å². The zero-order chi connectivity index (χ0) is 54.9. The Morgan fingerprint density at radius 1 is 0.457 bits per heavy atom. The fourth-order valence-corrected chi connectivity index (χ4v) is 12.3. The van der Waals surface area contributed by atoms with Gasteiger partial charge in [0.05, 0.1) is 38.6 Å². The lowest BCUT2D eigenvalue weighted by Gasteiger charge is -2.22. The summed E-state index contributed by atoms with van der Waals surface area (Å²) >= 11 is 37.2. The minimum Gasteiger partial charge on any atom is -0.870 e. The van der Waals surface area contributed by atoms with Crippen LogP contribution in [0.2, 0.25) is 30.1 Å². The molecule has 18 nitrogen and oxygen atoms in total. The zero-order valence-corrected chi connectivity index (χ0v) is 48.7. The van der Waals surface area contributed by atoms with E-state index in [1.165, 1.54) is 0 Å². The van der Waals surface area contributed by atoms with E-state index in [1.54, 1.807) is 94.9 Å². The van der Waals surface area contributed by atoms with Crippen molar-refractivity contribution < 1.29 is 88.7 Å². The molecule has 12 rings (SSSR count). The highest BCUT2D eigenvalue weighted by Gasteiger charge is 2.49. The van der Waals surface area contributed by atoms with Gasteiger partial charge in [0, 0.05) is 80.0 Å². The number of fused-ring (bicyclic) bond motifs is 3. The summed E-state index contributed by atoms with van der Waals surface area (Å²) in [5, 5.41) is 13.5. The molecule has 6 aromatic rings. The van der Waals surface area contributed by atoms with Crippen LogP contribution >= 0.6 is 69.6 Å². The third-order valence-corrected chi connectivity index (χ3v) is 16.8. The Bertz CT molecular complexity index is 3070. The lowest BCUT2D eigenvalue weighted by molar-refractivity contribution is -0.378. The van der Waals surface area contributed by atoms with E-state index in [2.05, 4.69) is 15.0 Å². The van der Waals surface area contributed by atoms with Crippen LogP contribution in [0.1, 0.15) is 126 Å². The number of aliphatic hydroxyl groups excluding tert-OH is 1. The number of pyridine rings is 3. The Labute approximate surface area is 497 Å². The van der Waals surface area contributed by atoms with E-state index in [0.29, 0.717) is 115 Å². The molecule has 0 saturated heterocycles. The largest absolute Gasteiger partial charge is 0.870 e. The number of aliphatic hydroxyl groups is 1. The molecule has 0 amide bonds. The van der Waals surface area contributed by atoms with Crippen molar-refractivity contribution in [1.29, 1.82) is 0 Å². The maximum absolute atomic E-state index is 13.0. The molecule has 3 fully saturated rings. The van der Waals surface area contributed by atoms with Gasteiger partial charge in [-0.15, -0.1) is 0 Å². The monoisotopic (exact) mass is 1240 g/mol. The Balaban J connectivity index is 0.000000172. The molecule has 3 aliphatic heterocycles. The quantitative estimate of drug-likeness (QED) is 0.112. The van der Waals surface area contributed by atoms with Crippen LogP contribution in [0.5, 0.6) is 51.7 Å². The number of nitrogens with one attached hydrogen (secondary N) is 3. The molecule has 3 saturated carbocycles. The van der Waals surface area contributed by atoms with Crippen molar-refractivity contribution in [3.05, 3.63) is 137 Å². The molecule has 81 heavy (non-hydrogen) atoms. The Morgan fingerprint density at radius 3 is 1.07 bits per heavy atom. The number of ketones is 2. The van der Waals surface area contributed by atoms with Crippen LogP contribution in [0.3, 0.4) is 0 Å². The van der Waals surface area contributed by atoms with E-state index < -0.39 is 23.5 Å². The van der Waals surface area contributed by atoms with Crippen LogP contribution in [0.25, 0.3) is 0 Å². The van der Waals surface area contributed by atoms with Gasteiger partial charge in [0.25, 0.3) is 17.4 Å². The molecule has 6 heterocycles. The van der Waals surface area contributed by atoms with Gasteiger partial charge in [-0.3, -0.25) is 9.59 Å². The number of carbonyl (C=O) groups excluding carboxylic acids is 2. The third kappa shape index (κ3) is 12.8. The highest BCUT2D eigenvalue weighted by molar-refractivity contribution is 6.37. The second-order valence-electron chi connectivity index (χ2n) is 19.7. The molecule has 0 bridgehead atoms. The predicted molar refractivity (Wildman–Crippen MR) is 296 cm³/mol. The van der Waals surface area contributed by atoms with Gasteiger partial charge in [-0.05, 0) is 74.9 Å². The van der Waals surface area contributed by atoms with Crippen molar-refractivity contribution in [2.45, 2.75) is 120 Å². The number of rotatable bonds is 12. The number of ether oxygens (including phenoxy) is 9. The standard InChI is InChI=1S/C19H19Cl2NO4.2C19H17Cl2NO4.3H2O/c3*1-24-16-5-4-11(15(23)8-12-13(20)9-22-10-14(12)21)17-18(16)26-19(25-17)6-2-3-7-19;;;/h4-5,9-10,15,23H,2-3,6-8H2,1H3;2*4-5,9-10H,2-3,6-8H2,1H3;3*1H2. The molecule has 0 radical (unpaired) electrons. The maximum Gasteiger partial charge on any atom is 0.251 e. The van der Waals surface area contributed by atoms with Crippen LogP contribution in [-0.2, 0) is 19.3 Å². The van der Waals surface area contributed by atoms with Crippen molar-refractivity contribution >= 4 is 81.2 Å². The second kappa shape index (κ2) is 26.2. The molecular formula is C57H59Cl6N3O15. The van der Waals surface area contributed by atoms with E-state index in [0.717, 1.165) is 77.0 Å². The molecule has 3 spiro atoms.